The van der Waals surface area contributed by atoms with E-state index >= 15 is 0 Å². The Bertz CT molecular complexity index is 223. The van der Waals surface area contributed by atoms with E-state index in [1.165, 1.54) is 0 Å². The van der Waals surface area contributed by atoms with Gasteiger partial charge in [-0.15, -0.1) is 0 Å². The first-order valence-electron chi connectivity index (χ1n) is 5.64. The van der Waals surface area contributed by atoms with Gasteiger partial charge < -0.3 is 15.7 Å². The molecule has 1 unspecified atom stereocenters. The van der Waals surface area contributed by atoms with Crippen molar-refractivity contribution in [2.75, 3.05) is 19.6 Å². The van der Waals surface area contributed by atoms with E-state index in [4.69, 9.17) is 18.0 Å². The van der Waals surface area contributed by atoms with Gasteiger partial charge in [0, 0.05) is 12.0 Å². The lowest BCUT2D eigenvalue weighted by molar-refractivity contribution is 0.124. The van der Waals surface area contributed by atoms with Crippen LogP contribution in [0.2, 0.25) is 0 Å². The summed E-state index contributed by atoms with van der Waals surface area (Å²) >= 11 is 5.09. The standard InChI is InChI=1S/C11H22N2OS/c1-9(14)3-6-13-7-4-11(2,5-8-13)10(12)15/h9,14H,3-8H2,1-2H3,(H2,12,15). The summed E-state index contributed by atoms with van der Waals surface area (Å²) in [7, 11) is 0. The Balaban J connectivity index is 2.32. The molecule has 1 aliphatic heterocycles. The molecule has 1 aliphatic rings. The molecule has 1 saturated heterocycles. The molecule has 1 atom stereocenters. The minimum absolute atomic E-state index is 0.0522. The van der Waals surface area contributed by atoms with Crippen molar-refractivity contribution in [3.63, 3.8) is 0 Å². The van der Waals surface area contributed by atoms with Gasteiger partial charge in [-0.05, 0) is 39.3 Å². The monoisotopic (exact) mass is 230 g/mol. The van der Waals surface area contributed by atoms with Gasteiger partial charge in [0.2, 0.25) is 0 Å². The van der Waals surface area contributed by atoms with Crippen molar-refractivity contribution in [1.82, 2.24) is 4.90 Å². The highest BCUT2D eigenvalue weighted by Crippen LogP contribution is 2.31. The van der Waals surface area contributed by atoms with Crippen LogP contribution in [0.3, 0.4) is 0 Å². The van der Waals surface area contributed by atoms with Crippen LogP contribution in [0.5, 0.6) is 0 Å². The molecule has 1 fully saturated rings. The van der Waals surface area contributed by atoms with Crippen LogP contribution in [-0.2, 0) is 0 Å². The van der Waals surface area contributed by atoms with Crippen molar-refractivity contribution in [2.24, 2.45) is 11.1 Å². The number of piperidine rings is 1. The molecule has 0 spiro atoms. The smallest absolute Gasteiger partial charge is 0.0788 e. The molecule has 0 radical (unpaired) electrons. The lowest BCUT2D eigenvalue weighted by atomic mass is 9.80. The van der Waals surface area contributed by atoms with Gasteiger partial charge >= 0.3 is 0 Å². The van der Waals surface area contributed by atoms with Gasteiger partial charge in [-0.2, -0.15) is 0 Å². The van der Waals surface area contributed by atoms with Crippen molar-refractivity contribution in [1.29, 1.82) is 0 Å². The zero-order valence-corrected chi connectivity index (χ0v) is 10.5. The lowest BCUT2D eigenvalue weighted by Gasteiger charge is -2.38. The van der Waals surface area contributed by atoms with Gasteiger partial charge in [0.25, 0.3) is 0 Å². The third kappa shape index (κ3) is 3.70. The predicted molar refractivity (Wildman–Crippen MR) is 66.9 cm³/mol. The molecule has 15 heavy (non-hydrogen) atoms. The highest BCUT2D eigenvalue weighted by Gasteiger charge is 2.32. The minimum Gasteiger partial charge on any atom is -0.393 e. The SMILES string of the molecule is CC(O)CCN1CCC(C)(C(N)=S)CC1. The summed E-state index contributed by atoms with van der Waals surface area (Å²) in [4.78, 5) is 3.03. The zero-order valence-electron chi connectivity index (χ0n) is 9.70. The quantitative estimate of drug-likeness (QED) is 0.711. The molecule has 0 aromatic rings. The Morgan fingerprint density at radius 2 is 2.07 bits per heavy atom. The third-order valence-corrected chi connectivity index (χ3v) is 3.91. The van der Waals surface area contributed by atoms with E-state index in [0.717, 1.165) is 38.9 Å². The van der Waals surface area contributed by atoms with Gasteiger partial charge in [0.1, 0.15) is 0 Å². The summed E-state index contributed by atoms with van der Waals surface area (Å²) in [6.45, 7) is 7.05. The first-order valence-corrected chi connectivity index (χ1v) is 6.05. The Kier molecular flexibility index (Phi) is 4.49. The van der Waals surface area contributed by atoms with E-state index in [1.807, 2.05) is 6.92 Å². The van der Waals surface area contributed by atoms with Crippen molar-refractivity contribution in [2.45, 2.75) is 39.2 Å². The van der Waals surface area contributed by atoms with E-state index < -0.39 is 0 Å². The molecule has 0 aromatic carbocycles. The molecule has 88 valence electrons. The van der Waals surface area contributed by atoms with Gasteiger partial charge in [0.05, 0.1) is 11.1 Å². The fourth-order valence-electron chi connectivity index (χ4n) is 1.89. The third-order valence-electron chi connectivity index (χ3n) is 3.42. The molecule has 4 heteroatoms. The molecule has 1 heterocycles. The van der Waals surface area contributed by atoms with Crippen LogP contribution < -0.4 is 5.73 Å². The Morgan fingerprint density at radius 1 is 1.53 bits per heavy atom. The number of thiocarbonyl (C=S) groups is 1. The topological polar surface area (TPSA) is 49.5 Å². The zero-order chi connectivity index (χ0) is 11.5. The highest BCUT2D eigenvalue weighted by atomic mass is 32.1. The Labute approximate surface area is 97.6 Å². The first-order chi connectivity index (χ1) is 6.94. The summed E-state index contributed by atoms with van der Waals surface area (Å²) in [6.07, 6.45) is 2.74. The Morgan fingerprint density at radius 3 is 2.47 bits per heavy atom. The second-order valence-electron chi connectivity index (χ2n) is 4.90. The summed E-state index contributed by atoms with van der Waals surface area (Å²) in [5.74, 6) is 0. The first kappa shape index (κ1) is 12.9. The van der Waals surface area contributed by atoms with Crippen LogP contribution in [0.25, 0.3) is 0 Å². The summed E-state index contributed by atoms with van der Waals surface area (Å²) in [6, 6.07) is 0. The second-order valence-corrected chi connectivity index (χ2v) is 5.34. The maximum atomic E-state index is 9.21. The average molecular weight is 230 g/mol. The number of nitrogens with two attached hydrogens (primary N) is 1. The Hall–Kier alpha value is -0.190. The van der Waals surface area contributed by atoms with Gasteiger partial charge in [-0.1, -0.05) is 19.1 Å². The fourth-order valence-corrected chi connectivity index (χ4v) is 2.09. The summed E-state index contributed by atoms with van der Waals surface area (Å²) in [5, 5.41) is 9.21. The average Bonchev–Trinajstić information content (AvgIpc) is 2.16. The molecule has 3 N–H and O–H groups in total. The van der Waals surface area contributed by atoms with Crippen LogP contribution in [0.4, 0.5) is 0 Å². The van der Waals surface area contributed by atoms with Crippen LogP contribution in [0, 0.1) is 5.41 Å². The highest BCUT2D eigenvalue weighted by molar-refractivity contribution is 7.80. The fraction of sp³-hybridized carbons (Fsp3) is 0.909. The molecule has 0 bridgehead atoms. The molecular weight excluding hydrogens is 208 g/mol. The van der Waals surface area contributed by atoms with Crippen LogP contribution >= 0.6 is 12.2 Å². The van der Waals surface area contributed by atoms with Gasteiger partial charge in [-0.25, -0.2) is 0 Å². The molecule has 0 aliphatic carbocycles. The molecular formula is C11H22N2OS. The molecule has 0 aromatic heterocycles. The van der Waals surface area contributed by atoms with Crippen molar-refractivity contribution < 1.29 is 5.11 Å². The maximum absolute atomic E-state index is 9.21. The molecule has 0 saturated carbocycles. The number of aliphatic hydroxyl groups is 1. The predicted octanol–water partition coefficient (Wildman–Crippen LogP) is 1.15. The normalized spacial score (nSPS) is 23.7. The number of hydrogen-bond acceptors (Lipinski definition) is 3. The van der Waals surface area contributed by atoms with Gasteiger partial charge in [-0.3, -0.25) is 0 Å². The van der Waals surface area contributed by atoms with Crippen LogP contribution in [0.15, 0.2) is 0 Å². The minimum atomic E-state index is -0.200. The molecule has 0 amide bonds. The summed E-state index contributed by atoms with van der Waals surface area (Å²) < 4.78 is 0. The largest absolute Gasteiger partial charge is 0.393 e. The van der Waals surface area contributed by atoms with Crippen molar-refractivity contribution in [3.8, 4) is 0 Å². The van der Waals surface area contributed by atoms with Gasteiger partial charge in [0.15, 0.2) is 0 Å². The number of nitrogens with zero attached hydrogens (tertiary/aromatic N) is 1. The second kappa shape index (κ2) is 5.23. The molecule has 3 nitrogen and oxygen atoms in total. The number of aliphatic hydroxyl groups excluding tert-OH is 1. The van der Waals surface area contributed by atoms with E-state index in [-0.39, 0.29) is 11.5 Å². The van der Waals surface area contributed by atoms with Crippen LogP contribution in [-0.4, -0.2) is 40.7 Å². The van der Waals surface area contributed by atoms with E-state index in [9.17, 15) is 5.11 Å². The number of likely N-dealkylation sites (tertiary alicyclic amines) is 1. The number of hydrogen-bond donors (Lipinski definition) is 2. The molecule has 1 rings (SSSR count). The van der Waals surface area contributed by atoms with Crippen LogP contribution in [0.1, 0.15) is 33.1 Å². The lowest BCUT2D eigenvalue weighted by Crippen LogP contribution is -2.45. The number of rotatable bonds is 4. The van der Waals surface area contributed by atoms with Crippen molar-refractivity contribution >= 4 is 17.2 Å². The maximum Gasteiger partial charge on any atom is 0.0788 e. The van der Waals surface area contributed by atoms with E-state index in [0.29, 0.717) is 4.99 Å². The van der Waals surface area contributed by atoms with E-state index in [1.54, 1.807) is 0 Å². The van der Waals surface area contributed by atoms with E-state index in [2.05, 4.69) is 11.8 Å². The van der Waals surface area contributed by atoms with Crippen molar-refractivity contribution in [3.05, 3.63) is 0 Å². The summed E-state index contributed by atoms with van der Waals surface area (Å²) in [5.41, 5.74) is 5.79.